The maximum absolute atomic E-state index is 14.1. The van der Waals surface area contributed by atoms with E-state index in [1.165, 1.54) is 38.1 Å². The van der Waals surface area contributed by atoms with Gasteiger partial charge in [-0.25, -0.2) is 4.79 Å². The first-order valence-corrected chi connectivity index (χ1v) is 14.3. The van der Waals surface area contributed by atoms with Crippen molar-refractivity contribution in [3.63, 3.8) is 0 Å². The molecule has 2 aromatic carbocycles. The van der Waals surface area contributed by atoms with Crippen molar-refractivity contribution in [2.75, 3.05) is 24.7 Å². The van der Waals surface area contributed by atoms with Crippen LogP contribution in [0, 0.1) is 11.8 Å². The zero-order valence-electron chi connectivity index (χ0n) is 24.7. The third-order valence-electron chi connectivity index (χ3n) is 8.91. The lowest BCUT2D eigenvalue weighted by molar-refractivity contribution is -0.169. The zero-order chi connectivity index (χ0) is 35.1. The molecule has 2 aromatic rings. The second-order valence-corrected chi connectivity index (χ2v) is 12.2. The standard InChI is InChI=1S/C30H28ClF3N4O9/c1-9-11-5-7-14(37-28(46)36-13-6-4-10(31)8-12(13)30(32,33)34)21(39)16(11)22(40)17-15(9)23(41)19-20(38(2)3)24(42)18(27(35)45)26(44)29(19,47)25(17)43/h4-9,15,19-20,23,39-41,44,47H,1-3H3,(H2,35,45)(H2,36,37,46)/t9-,15+,19+,20-,23-,29-/m1/s1. The number of phenols is 1. The highest BCUT2D eigenvalue weighted by Crippen LogP contribution is 2.56. The van der Waals surface area contributed by atoms with Gasteiger partial charge in [-0.15, -0.1) is 0 Å². The van der Waals surface area contributed by atoms with Gasteiger partial charge in [0.2, 0.25) is 5.78 Å². The first kappa shape index (κ1) is 33.7. The summed E-state index contributed by atoms with van der Waals surface area (Å²) in [5.74, 6) is -11.1. The summed E-state index contributed by atoms with van der Waals surface area (Å²) in [5.41, 5.74) is -2.16. The van der Waals surface area contributed by atoms with Crippen LogP contribution in [0.4, 0.5) is 29.3 Å². The Morgan fingerprint density at radius 2 is 1.64 bits per heavy atom. The minimum absolute atomic E-state index is 0.148. The van der Waals surface area contributed by atoms with Gasteiger partial charge in [0.25, 0.3) is 5.91 Å². The number of anilines is 2. The molecule has 17 heteroatoms. The average molecular weight is 681 g/mol. The molecule has 13 nitrogen and oxygen atoms in total. The van der Waals surface area contributed by atoms with Crippen LogP contribution in [0.2, 0.25) is 5.02 Å². The summed E-state index contributed by atoms with van der Waals surface area (Å²) in [6, 6.07) is 2.36. The Labute approximate surface area is 268 Å². The smallest absolute Gasteiger partial charge is 0.418 e. The van der Waals surface area contributed by atoms with Crippen molar-refractivity contribution < 1.29 is 57.9 Å². The number of nitrogens with zero attached hydrogens (tertiary/aromatic N) is 1. The van der Waals surface area contributed by atoms with Crippen molar-refractivity contribution in [3.05, 3.63) is 69.0 Å². The highest BCUT2D eigenvalue weighted by atomic mass is 35.5. The van der Waals surface area contributed by atoms with Crippen molar-refractivity contribution in [1.82, 2.24) is 4.90 Å². The number of aromatic hydroxyl groups is 1. The number of amides is 3. The number of rotatable bonds is 4. The number of carbonyl (C=O) groups excluding carboxylic acids is 4. The third kappa shape index (κ3) is 4.99. The summed E-state index contributed by atoms with van der Waals surface area (Å²) < 4.78 is 40.5. The molecule has 0 unspecified atom stereocenters. The van der Waals surface area contributed by atoms with Gasteiger partial charge in [-0.3, -0.25) is 19.3 Å². The summed E-state index contributed by atoms with van der Waals surface area (Å²) >= 11 is 5.67. The highest BCUT2D eigenvalue weighted by molar-refractivity contribution is 6.30. The van der Waals surface area contributed by atoms with Crippen LogP contribution in [-0.4, -0.2) is 85.8 Å². The van der Waals surface area contributed by atoms with Gasteiger partial charge in [-0.2, -0.15) is 13.2 Å². The molecule has 0 saturated heterocycles. The minimum Gasteiger partial charge on any atom is -0.508 e. The van der Waals surface area contributed by atoms with Crippen LogP contribution in [0.1, 0.15) is 29.5 Å². The molecule has 6 atom stereocenters. The topological polar surface area (TPSA) is 223 Å². The molecule has 3 aliphatic rings. The maximum atomic E-state index is 14.1. The molecule has 0 aliphatic heterocycles. The Kier molecular flexibility index (Phi) is 8.08. The fourth-order valence-corrected chi connectivity index (χ4v) is 7.03. The van der Waals surface area contributed by atoms with Crippen LogP contribution in [0.5, 0.6) is 5.75 Å². The van der Waals surface area contributed by atoms with E-state index in [2.05, 4.69) is 5.32 Å². The van der Waals surface area contributed by atoms with Crippen molar-refractivity contribution in [2.45, 2.75) is 36.8 Å². The van der Waals surface area contributed by atoms with Crippen LogP contribution in [-0.2, 0) is 20.6 Å². The number of aliphatic hydroxyl groups is 4. The Morgan fingerprint density at radius 3 is 2.21 bits per heavy atom. The minimum atomic E-state index is -4.88. The fourth-order valence-electron chi connectivity index (χ4n) is 6.85. The van der Waals surface area contributed by atoms with E-state index in [9.17, 15) is 57.9 Å². The number of nitrogens with two attached hydrogens (primary N) is 1. The van der Waals surface area contributed by atoms with Crippen LogP contribution in [0.3, 0.4) is 0 Å². The molecule has 0 bridgehead atoms. The summed E-state index contributed by atoms with van der Waals surface area (Å²) in [6.07, 6.45) is -6.69. The van der Waals surface area contributed by atoms with Gasteiger partial charge in [0, 0.05) is 16.5 Å². The van der Waals surface area contributed by atoms with Gasteiger partial charge in [-0.1, -0.05) is 24.6 Å². The molecule has 0 aromatic heterocycles. The summed E-state index contributed by atoms with van der Waals surface area (Å²) in [4.78, 5) is 53.5. The Hall–Kier alpha value is -4.64. The van der Waals surface area contributed by atoms with Crippen molar-refractivity contribution >= 4 is 52.2 Å². The fraction of sp³-hybridized carbons (Fsp3) is 0.333. The zero-order valence-corrected chi connectivity index (χ0v) is 25.4. The quantitative estimate of drug-likeness (QED) is 0.174. The van der Waals surface area contributed by atoms with Gasteiger partial charge >= 0.3 is 12.2 Å². The number of halogens is 4. The molecule has 5 rings (SSSR count). The number of hydrogen-bond acceptors (Lipinski definition) is 10. The van der Waals surface area contributed by atoms with Gasteiger partial charge in [0.1, 0.15) is 22.8 Å². The lowest BCUT2D eigenvalue weighted by atomic mass is 9.54. The van der Waals surface area contributed by atoms with Gasteiger partial charge in [0.15, 0.2) is 11.4 Å². The lowest BCUT2D eigenvalue weighted by Crippen LogP contribution is -2.70. The summed E-state index contributed by atoms with van der Waals surface area (Å²) in [5, 5.41) is 60.9. The van der Waals surface area contributed by atoms with E-state index in [-0.39, 0.29) is 10.6 Å². The van der Waals surface area contributed by atoms with Crippen LogP contribution in [0.25, 0.3) is 5.76 Å². The number of hydrogen-bond donors (Lipinski definition) is 8. The van der Waals surface area contributed by atoms with Crippen molar-refractivity contribution in [1.29, 1.82) is 0 Å². The number of phenolic OH excluding ortho intramolecular Hbond substituents is 1. The Balaban J connectivity index is 1.60. The molecule has 1 saturated carbocycles. The molecule has 47 heavy (non-hydrogen) atoms. The van der Waals surface area contributed by atoms with Crippen LogP contribution < -0.4 is 16.4 Å². The molecule has 1 fully saturated rings. The average Bonchev–Trinajstić information content (AvgIpc) is 2.96. The summed E-state index contributed by atoms with van der Waals surface area (Å²) in [7, 11) is 2.76. The maximum Gasteiger partial charge on any atom is 0.418 e. The molecular weight excluding hydrogens is 653 g/mol. The first-order valence-electron chi connectivity index (χ1n) is 13.9. The number of fused-ring (bicyclic) bond motifs is 3. The SMILES string of the molecule is C[C@@H]1c2ccc(NC(=O)Nc3ccc(Cl)cc3C(F)(F)F)c(O)c2C(O)=C2C(=O)[C@@]3(O)C(O)=C(C(N)=O)C(=O)[C@H](N(C)C)[C@H]3[C@H](O)[C@H]21. The van der Waals surface area contributed by atoms with E-state index in [1.54, 1.807) is 0 Å². The molecule has 0 heterocycles. The number of benzene rings is 2. The van der Waals surface area contributed by atoms with E-state index >= 15 is 0 Å². The Morgan fingerprint density at radius 1 is 1.04 bits per heavy atom. The summed E-state index contributed by atoms with van der Waals surface area (Å²) in [6.45, 7) is 1.51. The number of aliphatic hydroxyl groups excluding tert-OH is 3. The van der Waals surface area contributed by atoms with E-state index in [1.807, 2.05) is 5.32 Å². The number of Topliss-reactive ketones (excluding diaryl/α,β-unsaturated/α-hetero) is 2. The van der Waals surface area contributed by atoms with Crippen molar-refractivity contribution in [2.24, 2.45) is 17.6 Å². The van der Waals surface area contributed by atoms with E-state index in [0.717, 1.165) is 12.1 Å². The first-order chi connectivity index (χ1) is 21.7. The molecule has 3 aliphatic carbocycles. The third-order valence-corrected chi connectivity index (χ3v) is 9.15. The van der Waals surface area contributed by atoms with E-state index in [0.29, 0.717) is 6.07 Å². The lowest BCUT2D eigenvalue weighted by Gasteiger charge is -2.53. The second-order valence-electron chi connectivity index (χ2n) is 11.7. The van der Waals surface area contributed by atoms with Gasteiger partial charge in [0.05, 0.1) is 40.6 Å². The number of likely N-dealkylation sites (N-methyl/N-ethyl adjacent to an activating group) is 1. The van der Waals surface area contributed by atoms with E-state index < -0.39 is 116 Å². The normalized spacial score (nSPS) is 27.3. The molecule has 250 valence electrons. The highest BCUT2D eigenvalue weighted by Gasteiger charge is 2.68. The predicted octanol–water partition coefficient (Wildman–Crippen LogP) is 2.81. The van der Waals surface area contributed by atoms with Gasteiger partial charge in [-0.05, 0) is 49.8 Å². The van der Waals surface area contributed by atoms with E-state index in [4.69, 9.17) is 17.3 Å². The predicted molar refractivity (Wildman–Crippen MR) is 159 cm³/mol. The number of nitrogens with one attached hydrogen (secondary N) is 2. The number of carbonyl (C=O) groups is 4. The van der Waals surface area contributed by atoms with Crippen LogP contribution >= 0.6 is 11.6 Å². The second kappa shape index (κ2) is 11.3. The molecular formula is C30H28ClF3N4O9. The Bertz CT molecular complexity index is 1830. The van der Waals surface area contributed by atoms with Crippen molar-refractivity contribution in [3.8, 4) is 5.75 Å². The number of primary amides is 1. The monoisotopic (exact) mass is 680 g/mol. The molecule has 3 amide bonds. The molecule has 0 spiro atoms. The number of alkyl halides is 3. The molecule has 0 radical (unpaired) electrons. The number of ketones is 2. The molecule has 9 N–H and O–H groups in total. The number of urea groups is 1. The van der Waals surface area contributed by atoms with Crippen LogP contribution in [0.15, 0.2) is 47.2 Å². The largest absolute Gasteiger partial charge is 0.508 e. The van der Waals surface area contributed by atoms with Gasteiger partial charge < -0.3 is 41.9 Å².